The van der Waals surface area contributed by atoms with Gasteiger partial charge in [-0.1, -0.05) is 23.8 Å². The van der Waals surface area contributed by atoms with Crippen LogP contribution in [-0.4, -0.2) is 28.9 Å². The highest BCUT2D eigenvalue weighted by molar-refractivity contribution is 6.00. The van der Waals surface area contributed by atoms with Crippen molar-refractivity contribution < 1.29 is 4.79 Å². The standard InChI is InChI=1S/C15H17N3O/c1-10-4-3-7-18(9-10)15(19)13-8-11-5-2-6-12(16)14(11)17-13/h2,4-6,8,17H,3,7,9,16H2,1H3. The fourth-order valence-electron chi connectivity index (χ4n) is 2.55. The Hall–Kier alpha value is -2.23. The van der Waals surface area contributed by atoms with Crippen LogP contribution < -0.4 is 5.73 Å². The summed E-state index contributed by atoms with van der Waals surface area (Å²) >= 11 is 0. The molecule has 0 saturated heterocycles. The predicted octanol–water partition coefficient (Wildman–Crippen LogP) is 2.54. The van der Waals surface area contributed by atoms with Gasteiger partial charge in [-0.3, -0.25) is 4.79 Å². The van der Waals surface area contributed by atoms with Gasteiger partial charge in [-0.25, -0.2) is 0 Å². The van der Waals surface area contributed by atoms with Crippen LogP contribution in [0.2, 0.25) is 0 Å². The van der Waals surface area contributed by atoms with Gasteiger partial charge in [0.1, 0.15) is 5.69 Å². The van der Waals surface area contributed by atoms with E-state index in [0.717, 1.165) is 23.9 Å². The van der Waals surface area contributed by atoms with Gasteiger partial charge in [0.05, 0.1) is 11.2 Å². The van der Waals surface area contributed by atoms with Crippen molar-refractivity contribution in [3.8, 4) is 0 Å². The number of H-pyrrole nitrogens is 1. The first-order valence-electron chi connectivity index (χ1n) is 6.47. The van der Waals surface area contributed by atoms with Crippen LogP contribution in [0.15, 0.2) is 35.9 Å². The number of carbonyl (C=O) groups is 1. The van der Waals surface area contributed by atoms with E-state index in [1.165, 1.54) is 5.57 Å². The topological polar surface area (TPSA) is 62.1 Å². The van der Waals surface area contributed by atoms with Crippen LogP contribution in [0.4, 0.5) is 5.69 Å². The van der Waals surface area contributed by atoms with Crippen LogP contribution in [-0.2, 0) is 0 Å². The summed E-state index contributed by atoms with van der Waals surface area (Å²) in [6.45, 7) is 3.55. The zero-order valence-corrected chi connectivity index (χ0v) is 10.9. The number of amides is 1. The molecule has 0 unspecified atom stereocenters. The molecule has 0 bridgehead atoms. The Labute approximate surface area is 111 Å². The van der Waals surface area contributed by atoms with Crippen LogP contribution in [0, 0.1) is 0 Å². The van der Waals surface area contributed by atoms with E-state index in [-0.39, 0.29) is 5.91 Å². The second-order valence-electron chi connectivity index (χ2n) is 5.06. The molecule has 3 rings (SSSR count). The van der Waals surface area contributed by atoms with Gasteiger partial charge in [0.2, 0.25) is 0 Å². The number of hydrogen-bond acceptors (Lipinski definition) is 2. The average molecular weight is 255 g/mol. The van der Waals surface area contributed by atoms with Crippen LogP contribution in [0.5, 0.6) is 0 Å². The molecule has 19 heavy (non-hydrogen) atoms. The minimum absolute atomic E-state index is 0.0445. The summed E-state index contributed by atoms with van der Waals surface area (Å²) in [5.41, 5.74) is 9.28. The highest BCUT2D eigenvalue weighted by Gasteiger charge is 2.20. The van der Waals surface area contributed by atoms with E-state index in [0.29, 0.717) is 17.9 Å². The number of aromatic nitrogens is 1. The van der Waals surface area contributed by atoms with Crippen LogP contribution >= 0.6 is 0 Å². The molecule has 0 aliphatic carbocycles. The van der Waals surface area contributed by atoms with Crippen molar-refractivity contribution >= 4 is 22.5 Å². The second-order valence-corrected chi connectivity index (χ2v) is 5.06. The minimum atomic E-state index is 0.0445. The molecular weight excluding hydrogens is 238 g/mol. The molecule has 0 atom stereocenters. The molecule has 0 saturated carbocycles. The van der Waals surface area contributed by atoms with Gasteiger partial charge in [-0.2, -0.15) is 0 Å². The number of rotatable bonds is 1. The van der Waals surface area contributed by atoms with Crippen molar-refractivity contribution in [2.45, 2.75) is 13.3 Å². The predicted molar refractivity (Wildman–Crippen MR) is 77.0 cm³/mol. The molecule has 1 aliphatic heterocycles. The molecule has 4 heteroatoms. The largest absolute Gasteiger partial charge is 0.397 e. The summed E-state index contributed by atoms with van der Waals surface area (Å²) in [5, 5.41) is 0.979. The lowest BCUT2D eigenvalue weighted by Crippen LogP contribution is -2.35. The van der Waals surface area contributed by atoms with E-state index in [1.807, 2.05) is 29.2 Å². The lowest BCUT2D eigenvalue weighted by atomic mass is 10.1. The number of nitrogens with two attached hydrogens (primary N) is 1. The van der Waals surface area contributed by atoms with Crippen molar-refractivity contribution in [2.24, 2.45) is 0 Å². The summed E-state index contributed by atoms with van der Waals surface area (Å²) in [7, 11) is 0. The molecule has 98 valence electrons. The van der Waals surface area contributed by atoms with Gasteiger partial charge in [0.15, 0.2) is 0 Å². The number of fused-ring (bicyclic) bond motifs is 1. The maximum absolute atomic E-state index is 12.5. The molecule has 1 amide bonds. The number of nitrogens with one attached hydrogen (secondary N) is 1. The number of anilines is 1. The van der Waals surface area contributed by atoms with Gasteiger partial charge in [-0.05, 0) is 25.5 Å². The third-order valence-corrected chi connectivity index (χ3v) is 3.54. The SMILES string of the molecule is CC1=CCCN(C(=O)c2cc3cccc(N)c3[nH]2)C1. The quantitative estimate of drug-likeness (QED) is 0.607. The third-order valence-electron chi connectivity index (χ3n) is 3.54. The lowest BCUT2D eigenvalue weighted by Gasteiger charge is -2.25. The van der Waals surface area contributed by atoms with Crippen LogP contribution in [0.3, 0.4) is 0 Å². The Balaban J connectivity index is 1.94. The van der Waals surface area contributed by atoms with Gasteiger partial charge in [0.25, 0.3) is 5.91 Å². The first-order chi connectivity index (χ1) is 9.15. The van der Waals surface area contributed by atoms with Gasteiger partial charge in [-0.15, -0.1) is 0 Å². The highest BCUT2D eigenvalue weighted by atomic mass is 16.2. The summed E-state index contributed by atoms with van der Waals surface area (Å²) in [6.07, 6.45) is 3.12. The first kappa shape index (κ1) is 11.8. The van der Waals surface area contributed by atoms with Crippen molar-refractivity contribution in [2.75, 3.05) is 18.8 Å². The number of nitrogens with zero attached hydrogens (tertiary/aromatic N) is 1. The van der Waals surface area contributed by atoms with Crippen LogP contribution in [0.25, 0.3) is 10.9 Å². The van der Waals surface area contributed by atoms with E-state index in [4.69, 9.17) is 5.73 Å². The van der Waals surface area contributed by atoms with Gasteiger partial charge < -0.3 is 15.6 Å². The van der Waals surface area contributed by atoms with E-state index >= 15 is 0 Å². The maximum Gasteiger partial charge on any atom is 0.270 e. The van der Waals surface area contributed by atoms with E-state index < -0.39 is 0 Å². The molecule has 0 radical (unpaired) electrons. The molecule has 4 nitrogen and oxygen atoms in total. The van der Waals surface area contributed by atoms with Crippen molar-refractivity contribution in [3.05, 3.63) is 41.6 Å². The Kier molecular flexibility index (Phi) is 2.78. The van der Waals surface area contributed by atoms with E-state index in [9.17, 15) is 4.79 Å². The fraction of sp³-hybridized carbons (Fsp3) is 0.267. The lowest BCUT2D eigenvalue weighted by molar-refractivity contribution is 0.0761. The zero-order valence-electron chi connectivity index (χ0n) is 10.9. The molecule has 1 aromatic carbocycles. The van der Waals surface area contributed by atoms with Crippen molar-refractivity contribution in [3.63, 3.8) is 0 Å². The monoisotopic (exact) mass is 255 g/mol. The molecule has 1 aliphatic rings. The number of carbonyl (C=O) groups excluding carboxylic acids is 1. The van der Waals surface area contributed by atoms with Gasteiger partial charge in [0, 0.05) is 18.5 Å². The van der Waals surface area contributed by atoms with Gasteiger partial charge >= 0.3 is 0 Å². The zero-order chi connectivity index (χ0) is 13.4. The van der Waals surface area contributed by atoms with Crippen molar-refractivity contribution in [1.29, 1.82) is 0 Å². The first-order valence-corrected chi connectivity index (χ1v) is 6.47. The fourth-order valence-corrected chi connectivity index (χ4v) is 2.55. The minimum Gasteiger partial charge on any atom is -0.397 e. The molecular formula is C15H17N3O. The molecule has 0 fully saturated rings. The normalized spacial score (nSPS) is 15.6. The Morgan fingerprint density at radius 2 is 2.26 bits per heavy atom. The number of aromatic amines is 1. The van der Waals surface area contributed by atoms with E-state index in [1.54, 1.807) is 0 Å². The van der Waals surface area contributed by atoms with Crippen LogP contribution in [0.1, 0.15) is 23.8 Å². The molecule has 3 N–H and O–H groups in total. The Bertz CT molecular complexity index is 669. The Morgan fingerprint density at radius 1 is 1.42 bits per heavy atom. The number of nitrogen functional groups attached to an aromatic ring is 1. The second kappa shape index (κ2) is 4.46. The molecule has 2 heterocycles. The average Bonchev–Trinajstić information content (AvgIpc) is 2.83. The van der Waals surface area contributed by atoms with E-state index in [2.05, 4.69) is 18.0 Å². The summed E-state index contributed by atoms with van der Waals surface area (Å²) in [5.74, 6) is 0.0445. The Morgan fingerprint density at radius 3 is 3.00 bits per heavy atom. The maximum atomic E-state index is 12.5. The number of benzene rings is 1. The highest BCUT2D eigenvalue weighted by Crippen LogP contribution is 2.22. The third kappa shape index (κ3) is 2.10. The number of hydrogen-bond donors (Lipinski definition) is 2. The molecule has 1 aromatic heterocycles. The summed E-state index contributed by atoms with van der Waals surface area (Å²) in [4.78, 5) is 17.5. The smallest absolute Gasteiger partial charge is 0.270 e. The number of para-hydroxylation sites is 1. The summed E-state index contributed by atoms with van der Waals surface area (Å²) in [6, 6.07) is 7.57. The summed E-state index contributed by atoms with van der Waals surface area (Å²) < 4.78 is 0. The molecule has 2 aromatic rings. The van der Waals surface area contributed by atoms with Crippen molar-refractivity contribution in [1.82, 2.24) is 9.88 Å². The molecule has 0 spiro atoms.